The Morgan fingerprint density at radius 1 is 1.14 bits per heavy atom. The molecule has 116 valence electrons. The summed E-state index contributed by atoms with van der Waals surface area (Å²) in [5.74, 6) is 1.49. The van der Waals surface area contributed by atoms with Crippen LogP contribution < -0.4 is 5.73 Å². The minimum absolute atomic E-state index is 0.153. The van der Waals surface area contributed by atoms with Crippen LogP contribution in [0.25, 0.3) is 0 Å². The third kappa shape index (κ3) is 3.32. The van der Waals surface area contributed by atoms with Crippen molar-refractivity contribution >= 4 is 9.84 Å². The minimum atomic E-state index is -2.92. The van der Waals surface area contributed by atoms with E-state index < -0.39 is 9.84 Å². The molecule has 0 heterocycles. The highest BCUT2D eigenvalue weighted by Crippen LogP contribution is 2.51. The Labute approximate surface area is 127 Å². The van der Waals surface area contributed by atoms with Crippen molar-refractivity contribution < 1.29 is 8.42 Å². The van der Waals surface area contributed by atoms with Gasteiger partial charge in [0.05, 0.1) is 5.25 Å². The van der Waals surface area contributed by atoms with E-state index in [-0.39, 0.29) is 11.3 Å². The fourth-order valence-corrected chi connectivity index (χ4v) is 5.18. The molecule has 5 atom stereocenters. The van der Waals surface area contributed by atoms with Crippen LogP contribution in [0.1, 0.15) is 43.6 Å². The number of sulfone groups is 1. The smallest absolute Gasteiger partial charge is 0.150 e. The van der Waals surface area contributed by atoms with Crippen molar-refractivity contribution in [3.63, 3.8) is 0 Å². The minimum Gasteiger partial charge on any atom is -0.327 e. The standard InChI is InChI=1S/C17H25NO2S/c1-21(19,20)14-9-5-8-13(10-14)17(18)16-11-15(16)12-6-3-2-4-7-12/h2-4,6-7,13-17H,5,8-11,18H2,1H3. The maximum atomic E-state index is 11.8. The lowest BCUT2D eigenvalue weighted by Crippen LogP contribution is -2.39. The van der Waals surface area contributed by atoms with E-state index in [1.807, 2.05) is 6.07 Å². The Hall–Kier alpha value is -0.870. The average Bonchev–Trinajstić information content (AvgIpc) is 3.27. The van der Waals surface area contributed by atoms with Gasteiger partial charge in [0.1, 0.15) is 9.84 Å². The van der Waals surface area contributed by atoms with Crippen LogP contribution in [0.4, 0.5) is 0 Å². The van der Waals surface area contributed by atoms with Gasteiger partial charge in [0.15, 0.2) is 0 Å². The molecule has 2 fully saturated rings. The van der Waals surface area contributed by atoms with Gasteiger partial charge in [-0.1, -0.05) is 36.8 Å². The zero-order chi connectivity index (χ0) is 15.0. The van der Waals surface area contributed by atoms with Crippen LogP contribution in [-0.4, -0.2) is 26.0 Å². The summed E-state index contributed by atoms with van der Waals surface area (Å²) in [5, 5.41) is -0.170. The summed E-state index contributed by atoms with van der Waals surface area (Å²) in [7, 11) is -2.92. The van der Waals surface area contributed by atoms with Crippen LogP contribution in [0.2, 0.25) is 0 Å². The third-order valence-corrected chi connectivity index (χ3v) is 7.02. The van der Waals surface area contributed by atoms with Gasteiger partial charge in [-0.05, 0) is 49.0 Å². The molecule has 2 aliphatic rings. The summed E-state index contributed by atoms with van der Waals surface area (Å²) in [5.41, 5.74) is 7.87. The first-order chi connectivity index (χ1) is 9.97. The molecule has 0 radical (unpaired) electrons. The number of rotatable bonds is 4. The summed E-state index contributed by atoms with van der Waals surface area (Å²) in [6.45, 7) is 0. The van der Waals surface area contributed by atoms with Crippen molar-refractivity contribution in [1.29, 1.82) is 0 Å². The van der Waals surface area contributed by atoms with Gasteiger partial charge in [0.25, 0.3) is 0 Å². The van der Waals surface area contributed by atoms with Crippen molar-refractivity contribution in [2.24, 2.45) is 17.6 Å². The Kier molecular flexibility index (Phi) is 4.10. The molecule has 5 unspecified atom stereocenters. The van der Waals surface area contributed by atoms with Gasteiger partial charge in [0.2, 0.25) is 0 Å². The maximum absolute atomic E-state index is 11.8. The molecule has 2 N–H and O–H groups in total. The zero-order valence-corrected chi connectivity index (χ0v) is 13.4. The Bertz CT molecular complexity index is 584. The summed E-state index contributed by atoms with van der Waals surface area (Å²) in [6.07, 6.45) is 6.19. The zero-order valence-electron chi connectivity index (χ0n) is 12.6. The summed E-state index contributed by atoms with van der Waals surface area (Å²) < 4.78 is 23.6. The fraction of sp³-hybridized carbons (Fsp3) is 0.647. The summed E-state index contributed by atoms with van der Waals surface area (Å²) in [4.78, 5) is 0. The first-order valence-corrected chi connectivity index (χ1v) is 9.91. The van der Waals surface area contributed by atoms with E-state index in [1.165, 1.54) is 11.8 Å². The summed E-state index contributed by atoms with van der Waals surface area (Å²) in [6, 6.07) is 10.7. The molecule has 3 nitrogen and oxygen atoms in total. The van der Waals surface area contributed by atoms with Crippen LogP contribution in [0.15, 0.2) is 30.3 Å². The second-order valence-electron chi connectivity index (χ2n) is 6.87. The van der Waals surface area contributed by atoms with Gasteiger partial charge >= 0.3 is 0 Å². The lowest BCUT2D eigenvalue weighted by atomic mass is 9.81. The lowest BCUT2D eigenvalue weighted by Gasteiger charge is -2.32. The predicted octanol–water partition coefficient (Wildman–Crippen LogP) is 2.72. The van der Waals surface area contributed by atoms with Crippen LogP contribution in [0.5, 0.6) is 0 Å². The average molecular weight is 307 g/mol. The molecular formula is C17H25NO2S. The molecule has 0 aromatic heterocycles. The molecule has 1 aromatic rings. The van der Waals surface area contributed by atoms with Gasteiger partial charge < -0.3 is 5.73 Å². The number of hydrogen-bond acceptors (Lipinski definition) is 3. The fourth-order valence-electron chi connectivity index (χ4n) is 3.99. The van der Waals surface area contributed by atoms with Crippen LogP contribution in [0.3, 0.4) is 0 Å². The second-order valence-corrected chi connectivity index (χ2v) is 9.20. The van der Waals surface area contributed by atoms with Gasteiger partial charge in [-0.25, -0.2) is 8.42 Å². The van der Waals surface area contributed by atoms with E-state index in [2.05, 4.69) is 24.3 Å². The van der Waals surface area contributed by atoms with E-state index in [4.69, 9.17) is 5.73 Å². The normalized spacial score (nSPS) is 34.4. The van der Waals surface area contributed by atoms with E-state index in [0.29, 0.717) is 17.8 Å². The molecule has 0 spiro atoms. The third-order valence-electron chi connectivity index (χ3n) is 5.38. The Balaban J connectivity index is 1.63. The van der Waals surface area contributed by atoms with Crippen LogP contribution >= 0.6 is 0 Å². The predicted molar refractivity (Wildman–Crippen MR) is 85.9 cm³/mol. The molecule has 1 aromatic carbocycles. The number of benzene rings is 1. The highest BCUT2D eigenvalue weighted by molar-refractivity contribution is 7.91. The van der Waals surface area contributed by atoms with E-state index >= 15 is 0 Å². The molecule has 0 bridgehead atoms. The quantitative estimate of drug-likeness (QED) is 0.930. The monoisotopic (exact) mass is 307 g/mol. The van der Waals surface area contributed by atoms with Gasteiger partial charge in [-0.15, -0.1) is 0 Å². The molecular weight excluding hydrogens is 282 g/mol. The molecule has 0 aliphatic heterocycles. The first-order valence-electron chi connectivity index (χ1n) is 7.96. The van der Waals surface area contributed by atoms with Crippen molar-refractivity contribution in [3.8, 4) is 0 Å². The molecule has 3 rings (SSSR count). The molecule has 4 heteroatoms. The highest BCUT2D eigenvalue weighted by atomic mass is 32.2. The summed E-state index contributed by atoms with van der Waals surface area (Å²) >= 11 is 0. The topological polar surface area (TPSA) is 60.2 Å². The van der Waals surface area contributed by atoms with Gasteiger partial charge in [-0.3, -0.25) is 0 Å². The molecule has 0 saturated heterocycles. The second kappa shape index (κ2) is 5.73. The van der Waals surface area contributed by atoms with Crippen LogP contribution in [-0.2, 0) is 9.84 Å². The van der Waals surface area contributed by atoms with Crippen molar-refractivity contribution in [3.05, 3.63) is 35.9 Å². The van der Waals surface area contributed by atoms with Gasteiger partial charge in [0, 0.05) is 12.3 Å². The molecule has 21 heavy (non-hydrogen) atoms. The maximum Gasteiger partial charge on any atom is 0.150 e. The lowest BCUT2D eigenvalue weighted by molar-refractivity contribution is 0.284. The molecule has 0 amide bonds. The number of nitrogens with two attached hydrogens (primary N) is 1. The van der Waals surface area contributed by atoms with Crippen LogP contribution in [0, 0.1) is 11.8 Å². The molecule has 2 saturated carbocycles. The Morgan fingerprint density at radius 3 is 2.52 bits per heavy atom. The number of hydrogen-bond donors (Lipinski definition) is 1. The van der Waals surface area contributed by atoms with Crippen molar-refractivity contribution in [2.75, 3.05) is 6.26 Å². The van der Waals surface area contributed by atoms with E-state index in [9.17, 15) is 8.42 Å². The first kappa shape index (κ1) is 15.0. The largest absolute Gasteiger partial charge is 0.327 e. The molecule has 2 aliphatic carbocycles. The van der Waals surface area contributed by atoms with Crippen molar-refractivity contribution in [2.45, 2.75) is 49.3 Å². The van der Waals surface area contributed by atoms with Gasteiger partial charge in [-0.2, -0.15) is 0 Å². The Morgan fingerprint density at radius 2 is 1.86 bits per heavy atom. The SMILES string of the molecule is CS(=O)(=O)C1CCCC(C(N)C2CC2c2ccccc2)C1. The van der Waals surface area contributed by atoms with E-state index in [0.717, 1.165) is 32.1 Å². The van der Waals surface area contributed by atoms with Crippen molar-refractivity contribution in [1.82, 2.24) is 0 Å². The highest BCUT2D eigenvalue weighted by Gasteiger charge is 2.46. The van der Waals surface area contributed by atoms with E-state index in [1.54, 1.807) is 0 Å².